The van der Waals surface area contributed by atoms with Crippen molar-refractivity contribution < 1.29 is 4.79 Å². The largest absolute Gasteiger partial charge is 0.324 e. The molecule has 8 heteroatoms. The second-order valence-corrected chi connectivity index (χ2v) is 5.15. The van der Waals surface area contributed by atoms with Gasteiger partial charge in [0, 0.05) is 11.8 Å². The molecule has 0 radical (unpaired) electrons. The first-order valence-corrected chi connectivity index (χ1v) is 7.12. The monoisotopic (exact) mass is 311 g/mol. The fraction of sp³-hybridized carbons (Fsp3) is 0.200. The minimum Gasteiger partial charge on any atom is -0.306 e. The molecule has 23 heavy (non-hydrogen) atoms. The van der Waals surface area contributed by atoms with Crippen LogP contribution in [0.5, 0.6) is 0 Å². The summed E-state index contributed by atoms with van der Waals surface area (Å²) in [5.41, 5.74) is 2.25. The number of urea groups is 1. The normalized spacial score (nSPS) is 10.6. The summed E-state index contributed by atoms with van der Waals surface area (Å²) in [6, 6.07) is 8.77. The number of anilines is 2. The molecule has 0 spiro atoms. The number of amides is 2. The molecule has 0 bridgehead atoms. The summed E-state index contributed by atoms with van der Waals surface area (Å²) in [6.45, 7) is 5.55. The predicted molar refractivity (Wildman–Crippen MR) is 86.8 cm³/mol. The number of aromatic amines is 1. The molecule has 8 nitrogen and oxygen atoms in total. The Bertz CT molecular complexity index is 849. The highest BCUT2D eigenvalue weighted by Crippen LogP contribution is 2.20. The van der Waals surface area contributed by atoms with Gasteiger partial charge in [0.15, 0.2) is 5.82 Å². The van der Waals surface area contributed by atoms with Crippen molar-refractivity contribution in [2.45, 2.75) is 20.8 Å². The Morgan fingerprint density at radius 1 is 1.17 bits per heavy atom. The van der Waals surface area contributed by atoms with Crippen molar-refractivity contribution in [2.24, 2.45) is 0 Å². The fourth-order valence-electron chi connectivity index (χ4n) is 2.27. The number of aryl methyl sites for hydroxylation is 3. The second-order valence-electron chi connectivity index (χ2n) is 5.15. The number of para-hydroxylation sites is 2. The molecule has 2 aromatic heterocycles. The second kappa shape index (κ2) is 5.91. The molecule has 0 saturated carbocycles. The number of hydrogen-bond donors (Lipinski definition) is 3. The van der Waals surface area contributed by atoms with E-state index in [2.05, 4.69) is 30.9 Å². The number of carbonyl (C=O) groups is 1. The average molecular weight is 311 g/mol. The summed E-state index contributed by atoms with van der Waals surface area (Å²) in [5, 5.41) is 16.6. The zero-order valence-electron chi connectivity index (χ0n) is 13.1. The Balaban J connectivity index is 1.83. The smallest absolute Gasteiger partial charge is 0.306 e. The molecule has 3 N–H and O–H groups in total. The van der Waals surface area contributed by atoms with Gasteiger partial charge in [0.1, 0.15) is 11.6 Å². The van der Waals surface area contributed by atoms with Crippen LogP contribution in [-0.4, -0.2) is 31.0 Å². The third-order valence-electron chi connectivity index (χ3n) is 3.20. The lowest BCUT2D eigenvalue weighted by molar-refractivity contribution is 0.262. The molecule has 0 unspecified atom stereocenters. The van der Waals surface area contributed by atoms with Crippen LogP contribution in [0.4, 0.5) is 16.3 Å². The molecular formula is C15H17N7O. The van der Waals surface area contributed by atoms with E-state index in [1.807, 2.05) is 39.0 Å². The number of benzene rings is 1. The van der Waals surface area contributed by atoms with E-state index in [1.165, 1.54) is 0 Å². The summed E-state index contributed by atoms with van der Waals surface area (Å²) in [5.74, 6) is 1.89. The fourth-order valence-corrected chi connectivity index (χ4v) is 2.27. The summed E-state index contributed by atoms with van der Waals surface area (Å²) in [7, 11) is 0. The van der Waals surface area contributed by atoms with Gasteiger partial charge in [-0.15, -0.1) is 0 Å². The van der Waals surface area contributed by atoms with Crippen molar-refractivity contribution in [3.63, 3.8) is 0 Å². The Kier molecular flexibility index (Phi) is 3.80. The first-order chi connectivity index (χ1) is 11.0. The topological polar surface area (TPSA) is 101 Å². The van der Waals surface area contributed by atoms with E-state index in [4.69, 9.17) is 0 Å². The van der Waals surface area contributed by atoms with Crippen molar-refractivity contribution in [1.82, 2.24) is 25.0 Å². The molecule has 3 rings (SSSR count). The Hall–Kier alpha value is -3.16. The third-order valence-corrected chi connectivity index (χ3v) is 3.20. The van der Waals surface area contributed by atoms with Crippen LogP contribution >= 0.6 is 0 Å². The van der Waals surface area contributed by atoms with Gasteiger partial charge in [0.2, 0.25) is 0 Å². The van der Waals surface area contributed by atoms with E-state index < -0.39 is 0 Å². The van der Waals surface area contributed by atoms with Crippen molar-refractivity contribution in [3.8, 4) is 5.69 Å². The van der Waals surface area contributed by atoms with Crippen molar-refractivity contribution in [2.75, 3.05) is 10.6 Å². The van der Waals surface area contributed by atoms with Gasteiger partial charge in [-0.2, -0.15) is 10.2 Å². The van der Waals surface area contributed by atoms with E-state index in [-0.39, 0.29) is 6.03 Å². The summed E-state index contributed by atoms with van der Waals surface area (Å²) >= 11 is 0. The van der Waals surface area contributed by atoms with Crippen LogP contribution in [0.1, 0.15) is 17.3 Å². The first kappa shape index (κ1) is 14.8. The van der Waals surface area contributed by atoms with Crippen LogP contribution in [0.2, 0.25) is 0 Å². The van der Waals surface area contributed by atoms with E-state index in [0.717, 1.165) is 17.2 Å². The quantitative estimate of drug-likeness (QED) is 0.692. The van der Waals surface area contributed by atoms with Crippen LogP contribution in [0.15, 0.2) is 30.3 Å². The lowest BCUT2D eigenvalue weighted by Crippen LogP contribution is -2.21. The Morgan fingerprint density at radius 2 is 1.96 bits per heavy atom. The number of aromatic nitrogens is 5. The van der Waals surface area contributed by atoms with Gasteiger partial charge in [-0.25, -0.2) is 14.5 Å². The summed E-state index contributed by atoms with van der Waals surface area (Å²) in [4.78, 5) is 16.4. The minimum atomic E-state index is -0.376. The molecule has 0 fully saturated rings. The van der Waals surface area contributed by atoms with Crippen LogP contribution < -0.4 is 10.6 Å². The number of carbonyl (C=O) groups excluding carboxylic acids is 1. The van der Waals surface area contributed by atoms with E-state index >= 15 is 0 Å². The number of rotatable bonds is 3. The van der Waals surface area contributed by atoms with Gasteiger partial charge in [-0.3, -0.25) is 10.4 Å². The number of nitrogens with one attached hydrogen (secondary N) is 3. The standard InChI is InChI=1S/C15H17N7O/c1-9-8-14(20-19-9)18-15(23)17-12-6-4-5-7-13(12)22-11(3)16-10(2)21-22/h4-8H,1-3H3,(H3,17,18,19,20,23). The molecule has 0 saturated heterocycles. The van der Waals surface area contributed by atoms with Crippen LogP contribution in [0.3, 0.4) is 0 Å². The van der Waals surface area contributed by atoms with E-state index in [9.17, 15) is 4.79 Å². The zero-order valence-corrected chi connectivity index (χ0v) is 13.1. The zero-order chi connectivity index (χ0) is 16.4. The number of H-pyrrole nitrogens is 1. The molecule has 0 aliphatic rings. The van der Waals surface area contributed by atoms with Crippen molar-refractivity contribution in [3.05, 3.63) is 47.7 Å². The summed E-state index contributed by atoms with van der Waals surface area (Å²) < 4.78 is 1.70. The molecule has 118 valence electrons. The molecule has 0 atom stereocenters. The van der Waals surface area contributed by atoms with Gasteiger partial charge in [0.05, 0.1) is 11.4 Å². The molecular weight excluding hydrogens is 294 g/mol. The lowest BCUT2D eigenvalue weighted by Gasteiger charge is -2.11. The van der Waals surface area contributed by atoms with Gasteiger partial charge in [-0.05, 0) is 32.9 Å². The Labute approximate surface area is 132 Å². The molecule has 2 heterocycles. The van der Waals surface area contributed by atoms with E-state index in [0.29, 0.717) is 17.3 Å². The molecule has 1 aromatic carbocycles. The minimum absolute atomic E-state index is 0.376. The van der Waals surface area contributed by atoms with Gasteiger partial charge >= 0.3 is 6.03 Å². The van der Waals surface area contributed by atoms with Crippen molar-refractivity contribution >= 4 is 17.5 Å². The maximum Gasteiger partial charge on any atom is 0.324 e. The summed E-state index contributed by atoms with van der Waals surface area (Å²) in [6.07, 6.45) is 0. The highest BCUT2D eigenvalue weighted by atomic mass is 16.2. The molecule has 2 amide bonds. The van der Waals surface area contributed by atoms with Gasteiger partial charge in [0.25, 0.3) is 0 Å². The molecule has 0 aliphatic carbocycles. The highest BCUT2D eigenvalue weighted by Gasteiger charge is 2.12. The number of nitrogens with zero attached hydrogens (tertiary/aromatic N) is 4. The SMILES string of the molecule is Cc1nc(C)n(-c2ccccc2NC(=O)Nc2cc(C)[nH]n2)n1. The predicted octanol–water partition coefficient (Wildman–Crippen LogP) is 2.56. The highest BCUT2D eigenvalue weighted by molar-refractivity contribution is 6.00. The van der Waals surface area contributed by atoms with Crippen LogP contribution in [0, 0.1) is 20.8 Å². The lowest BCUT2D eigenvalue weighted by atomic mass is 10.2. The molecule has 3 aromatic rings. The third kappa shape index (κ3) is 3.20. The maximum absolute atomic E-state index is 12.1. The van der Waals surface area contributed by atoms with Gasteiger partial charge in [-0.1, -0.05) is 12.1 Å². The first-order valence-electron chi connectivity index (χ1n) is 7.12. The number of hydrogen-bond acceptors (Lipinski definition) is 4. The van der Waals surface area contributed by atoms with Crippen molar-refractivity contribution in [1.29, 1.82) is 0 Å². The maximum atomic E-state index is 12.1. The van der Waals surface area contributed by atoms with E-state index in [1.54, 1.807) is 16.8 Å². The Morgan fingerprint density at radius 3 is 2.61 bits per heavy atom. The van der Waals surface area contributed by atoms with Crippen LogP contribution in [0.25, 0.3) is 5.69 Å². The molecule has 0 aliphatic heterocycles. The van der Waals surface area contributed by atoms with Crippen LogP contribution in [-0.2, 0) is 0 Å². The van der Waals surface area contributed by atoms with Gasteiger partial charge < -0.3 is 5.32 Å². The average Bonchev–Trinajstić information content (AvgIpc) is 3.04.